The second-order valence-corrected chi connectivity index (χ2v) is 9.08. The van der Waals surface area contributed by atoms with Crippen LogP contribution in [-0.2, 0) is 11.3 Å². The molecule has 3 rings (SSSR count). The first-order valence-corrected chi connectivity index (χ1v) is 11.6. The average Bonchev–Trinajstić information content (AvgIpc) is 2.96. The molecule has 0 bridgehead atoms. The predicted octanol–water partition coefficient (Wildman–Crippen LogP) is 4.90. The van der Waals surface area contributed by atoms with Crippen molar-refractivity contribution >= 4 is 51.0 Å². The van der Waals surface area contributed by atoms with Crippen LogP contribution in [0.3, 0.4) is 0 Å². The van der Waals surface area contributed by atoms with Gasteiger partial charge in [-0.15, -0.1) is 11.8 Å². The zero-order chi connectivity index (χ0) is 18.5. The van der Waals surface area contributed by atoms with Gasteiger partial charge in [0.1, 0.15) is 0 Å². The lowest BCUT2D eigenvalue weighted by molar-refractivity contribution is -0.115. The molecule has 3 aromatic rings. The van der Waals surface area contributed by atoms with Crippen LogP contribution in [0.1, 0.15) is 11.1 Å². The number of carbonyl (C=O) groups excluding carboxylic acids is 1. The molecular formula is C20H22N2OS3. The van der Waals surface area contributed by atoms with Gasteiger partial charge in [0.2, 0.25) is 0 Å². The predicted molar refractivity (Wildman–Crippen MR) is 115 cm³/mol. The molecule has 1 amide bonds. The van der Waals surface area contributed by atoms with Gasteiger partial charge in [0, 0.05) is 17.2 Å². The van der Waals surface area contributed by atoms with Gasteiger partial charge in [0.25, 0.3) is 5.91 Å². The summed E-state index contributed by atoms with van der Waals surface area (Å²) >= 11 is 4.95. The SMILES string of the molecule is CSCCn1c(=NC(=O)CSc2ccccc2)sc2c(C)cc(C)cc21. The summed E-state index contributed by atoms with van der Waals surface area (Å²) in [6.07, 6.45) is 2.10. The molecule has 0 N–H and O–H groups in total. The monoisotopic (exact) mass is 402 g/mol. The number of hydrogen-bond acceptors (Lipinski definition) is 4. The molecule has 1 heterocycles. The van der Waals surface area contributed by atoms with Gasteiger partial charge in [-0.3, -0.25) is 4.79 Å². The Morgan fingerprint density at radius 3 is 2.69 bits per heavy atom. The van der Waals surface area contributed by atoms with Gasteiger partial charge in [-0.25, -0.2) is 0 Å². The summed E-state index contributed by atoms with van der Waals surface area (Å²) in [6.45, 7) is 5.10. The van der Waals surface area contributed by atoms with Crippen molar-refractivity contribution in [2.24, 2.45) is 4.99 Å². The summed E-state index contributed by atoms with van der Waals surface area (Å²) in [5.74, 6) is 1.27. The fraction of sp³-hybridized carbons (Fsp3) is 0.300. The highest BCUT2D eigenvalue weighted by molar-refractivity contribution is 8.00. The Bertz CT molecular complexity index is 974. The van der Waals surface area contributed by atoms with E-state index >= 15 is 0 Å². The van der Waals surface area contributed by atoms with Crippen LogP contribution < -0.4 is 4.80 Å². The molecule has 0 unspecified atom stereocenters. The molecule has 0 saturated carbocycles. The lowest BCUT2D eigenvalue weighted by atomic mass is 10.1. The minimum Gasteiger partial charge on any atom is -0.315 e. The first-order valence-electron chi connectivity index (χ1n) is 8.43. The Morgan fingerprint density at radius 1 is 1.19 bits per heavy atom. The zero-order valence-electron chi connectivity index (χ0n) is 15.2. The molecule has 1 aromatic heterocycles. The third-order valence-electron chi connectivity index (χ3n) is 3.96. The second-order valence-electron chi connectivity index (χ2n) is 6.07. The van der Waals surface area contributed by atoms with Crippen molar-refractivity contribution in [2.45, 2.75) is 25.3 Å². The van der Waals surface area contributed by atoms with Crippen molar-refractivity contribution < 1.29 is 4.79 Å². The van der Waals surface area contributed by atoms with Crippen LogP contribution in [0.5, 0.6) is 0 Å². The minimum atomic E-state index is -0.0855. The van der Waals surface area contributed by atoms with Gasteiger partial charge in [0.15, 0.2) is 4.80 Å². The van der Waals surface area contributed by atoms with Crippen LogP contribution >= 0.6 is 34.9 Å². The topological polar surface area (TPSA) is 34.4 Å². The molecule has 2 aromatic carbocycles. The molecule has 6 heteroatoms. The quantitative estimate of drug-likeness (QED) is 0.550. The number of carbonyl (C=O) groups is 1. The molecule has 136 valence electrons. The van der Waals surface area contributed by atoms with E-state index in [1.165, 1.54) is 33.1 Å². The molecule has 26 heavy (non-hydrogen) atoms. The number of thiazole rings is 1. The highest BCUT2D eigenvalue weighted by Gasteiger charge is 2.11. The van der Waals surface area contributed by atoms with Crippen molar-refractivity contribution in [1.29, 1.82) is 0 Å². The lowest BCUT2D eigenvalue weighted by Crippen LogP contribution is -2.18. The summed E-state index contributed by atoms with van der Waals surface area (Å²) in [5, 5.41) is 0. The van der Waals surface area contributed by atoms with E-state index in [1.54, 1.807) is 23.1 Å². The highest BCUT2D eigenvalue weighted by Crippen LogP contribution is 2.24. The standard InChI is InChI=1S/C20H22N2OS3/c1-14-11-15(2)19-17(12-14)22(9-10-24-3)20(26-19)21-18(23)13-25-16-7-5-4-6-8-16/h4-8,11-12H,9-10,13H2,1-3H3. The summed E-state index contributed by atoms with van der Waals surface area (Å²) in [6, 6.07) is 14.4. The normalized spacial score (nSPS) is 12.0. The van der Waals surface area contributed by atoms with Crippen LogP contribution in [0.25, 0.3) is 10.2 Å². The van der Waals surface area contributed by atoms with E-state index < -0.39 is 0 Å². The van der Waals surface area contributed by atoms with Gasteiger partial charge in [0.05, 0.1) is 16.0 Å². The Labute approximate surface area is 166 Å². The van der Waals surface area contributed by atoms with Crippen LogP contribution in [0.4, 0.5) is 0 Å². The Kier molecular flexibility index (Phi) is 6.62. The van der Waals surface area contributed by atoms with E-state index in [1.807, 2.05) is 30.3 Å². The molecule has 0 aliphatic rings. The van der Waals surface area contributed by atoms with E-state index in [4.69, 9.17) is 0 Å². The summed E-state index contributed by atoms with van der Waals surface area (Å²) in [4.78, 5) is 18.8. The van der Waals surface area contributed by atoms with Crippen molar-refractivity contribution in [3.63, 3.8) is 0 Å². The lowest BCUT2D eigenvalue weighted by Gasteiger charge is -2.05. The van der Waals surface area contributed by atoms with Gasteiger partial charge >= 0.3 is 0 Å². The maximum Gasteiger partial charge on any atom is 0.258 e. The first-order chi connectivity index (χ1) is 12.6. The molecule has 0 aliphatic heterocycles. The van der Waals surface area contributed by atoms with Gasteiger partial charge in [-0.05, 0) is 49.4 Å². The summed E-state index contributed by atoms with van der Waals surface area (Å²) < 4.78 is 3.42. The smallest absolute Gasteiger partial charge is 0.258 e. The maximum atomic E-state index is 12.4. The molecule has 0 aliphatic carbocycles. The molecular weight excluding hydrogens is 380 g/mol. The number of amides is 1. The second kappa shape index (κ2) is 8.93. The number of aryl methyl sites for hydroxylation is 3. The van der Waals surface area contributed by atoms with E-state index in [-0.39, 0.29) is 5.91 Å². The number of thioether (sulfide) groups is 2. The van der Waals surface area contributed by atoms with Crippen LogP contribution in [0.15, 0.2) is 52.4 Å². The van der Waals surface area contributed by atoms with E-state index in [9.17, 15) is 4.79 Å². The number of nitrogens with zero attached hydrogens (tertiary/aromatic N) is 2. The fourth-order valence-electron chi connectivity index (χ4n) is 2.80. The summed E-state index contributed by atoms with van der Waals surface area (Å²) in [5.41, 5.74) is 3.67. The Balaban J connectivity index is 1.93. The largest absolute Gasteiger partial charge is 0.315 e. The summed E-state index contributed by atoms with van der Waals surface area (Å²) in [7, 11) is 0. The van der Waals surface area contributed by atoms with Crippen molar-refractivity contribution in [1.82, 2.24) is 4.57 Å². The van der Waals surface area contributed by atoms with E-state index in [0.717, 1.165) is 22.0 Å². The number of aromatic nitrogens is 1. The van der Waals surface area contributed by atoms with Crippen molar-refractivity contribution in [3.05, 3.63) is 58.4 Å². The fourth-order valence-corrected chi connectivity index (χ4v) is 4.99. The van der Waals surface area contributed by atoms with E-state index in [2.05, 4.69) is 41.8 Å². The van der Waals surface area contributed by atoms with Gasteiger partial charge in [-0.1, -0.05) is 35.6 Å². The van der Waals surface area contributed by atoms with Crippen LogP contribution in [-0.4, -0.2) is 28.2 Å². The van der Waals surface area contributed by atoms with E-state index in [0.29, 0.717) is 5.75 Å². The molecule has 0 atom stereocenters. The maximum absolute atomic E-state index is 12.4. The molecule has 0 saturated heterocycles. The highest BCUT2D eigenvalue weighted by atomic mass is 32.2. The number of hydrogen-bond donors (Lipinski definition) is 0. The molecule has 0 fully saturated rings. The third kappa shape index (κ3) is 4.61. The molecule has 0 spiro atoms. The molecule has 3 nitrogen and oxygen atoms in total. The zero-order valence-corrected chi connectivity index (χ0v) is 17.6. The van der Waals surface area contributed by atoms with Crippen LogP contribution in [0.2, 0.25) is 0 Å². The third-order valence-corrected chi connectivity index (χ3v) is 6.78. The van der Waals surface area contributed by atoms with Crippen LogP contribution in [0, 0.1) is 13.8 Å². The number of benzene rings is 2. The number of rotatable bonds is 6. The molecule has 0 radical (unpaired) electrons. The van der Waals surface area contributed by atoms with Crippen molar-refractivity contribution in [3.8, 4) is 0 Å². The Morgan fingerprint density at radius 2 is 1.96 bits per heavy atom. The number of fused-ring (bicyclic) bond motifs is 1. The minimum absolute atomic E-state index is 0.0855. The van der Waals surface area contributed by atoms with Crippen molar-refractivity contribution in [2.75, 3.05) is 17.8 Å². The average molecular weight is 403 g/mol. The Hall–Kier alpha value is -1.50. The first kappa shape index (κ1) is 19.3. The van der Waals surface area contributed by atoms with Gasteiger partial charge in [-0.2, -0.15) is 16.8 Å². The van der Waals surface area contributed by atoms with Gasteiger partial charge < -0.3 is 4.57 Å².